The van der Waals surface area contributed by atoms with Gasteiger partial charge >= 0.3 is 0 Å². The van der Waals surface area contributed by atoms with Crippen LogP contribution in [0.2, 0.25) is 0 Å². The summed E-state index contributed by atoms with van der Waals surface area (Å²) in [6.45, 7) is 0. The molecule has 0 N–H and O–H groups in total. The molecule has 0 aromatic rings. The third-order valence-electron chi connectivity index (χ3n) is 3.15. The van der Waals surface area contributed by atoms with E-state index in [0.29, 0.717) is 17.8 Å². The standard InChI is InChI=1S/C8H10O2/c9-6-4-1-2-5(3-4)7-8(6)10-7/h4-5,7-8H,1-3H2/t4-,5+,7-,8+/m0/s1. The van der Waals surface area contributed by atoms with E-state index in [0.717, 1.165) is 18.8 Å². The van der Waals surface area contributed by atoms with Crippen LogP contribution < -0.4 is 0 Å². The molecule has 2 saturated carbocycles. The van der Waals surface area contributed by atoms with Gasteiger partial charge in [0.2, 0.25) is 0 Å². The third-order valence-corrected chi connectivity index (χ3v) is 3.15. The first-order valence-electron chi connectivity index (χ1n) is 4.05. The molecule has 0 radical (unpaired) electrons. The summed E-state index contributed by atoms with van der Waals surface area (Å²) in [6, 6.07) is 0. The van der Waals surface area contributed by atoms with E-state index >= 15 is 0 Å². The number of ketones is 1. The molecule has 1 heterocycles. The van der Waals surface area contributed by atoms with Gasteiger partial charge in [0.25, 0.3) is 0 Å². The van der Waals surface area contributed by atoms with Gasteiger partial charge in [-0.15, -0.1) is 0 Å². The van der Waals surface area contributed by atoms with E-state index in [2.05, 4.69) is 0 Å². The molecule has 2 heteroatoms. The summed E-state index contributed by atoms with van der Waals surface area (Å²) in [5, 5.41) is 0. The van der Waals surface area contributed by atoms with Gasteiger partial charge in [0.15, 0.2) is 5.78 Å². The first kappa shape index (κ1) is 5.30. The van der Waals surface area contributed by atoms with Crippen molar-refractivity contribution in [2.24, 2.45) is 11.8 Å². The minimum Gasteiger partial charge on any atom is -0.361 e. The molecule has 0 aromatic heterocycles. The van der Waals surface area contributed by atoms with Crippen molar-refractivity contribution in [1.29, 1.82) is 0 Å². The van der Waals surface area contributed by atoms with Crippen molar-refractivity contribution >= 4 is 5.78 Å². The lowest BCUT2D eigenvalue weighted by molar-refractivity contribution is -0.124. The minimum atomic E-state index is 0.0475. The maximum Gasteiger partial charge on any atom is 0.167 e. The van der Waals surface area contributed by atoms with Crippen LogP contribution in [0.15, 0.2) is 0 Å². The Morgan fingerprint density at radius 2 is 2.30 bits per heavy atom. The molecule has 3 fully saturated rings. The molecule has 3 rings (SSSR count). The van der Waals surface area contributed by atoms with Crippen LogP contribution in [0.4, 0.5) is 0 Å². The van der Waals surface area contributed by atoms with E-state index in [9.17, 15) is 4.79 Å². The highest BCUT2D eigenvalue weighted by Gasteiger charge is 2.58. The number of carbonyl (C=O) groups is 1. The number of ether oxygens (including phenoxy) is 1. The zero-order chi connectivity index (χ0) is 6.72. The summed E-state index contributed by atoms with van der Waals surface area (Å²) in [5.74, 6) is 1.53. The molecule has 54 valence electrons. The van der Waals surface area contributed by atoms with Crippen molar-refractivity contribution in [3.63, 3.8) is 0 Å². The zero-order valence-corrected chi connectivity index (χ0v) is 5.75. The zero-order valence-electron chi connectivity index (χ0n) is 5.75. The van der Waals surface area contributed by atoms with E-state index in [1.54, 1.807) is 0 Å². The number of hydrogen-bond donors (Lipinski definition) is 0. The Balaban J connectivity index is 1.98. The van der Waals surface area contributed by atoms with E-state index in [-0.39, 0.29) is 6.10 Å². The van der Waals surface area contributed by atoms with Gasteiger partial charge in [-0.05, 0) is 25.2 Å². The molecule has 0 aromatic carbocycles. The SMILES string of the molecule is O=C1[C@H]2CC[C@H](C2)[C@@H]2O[C@H]12. The van der Waals surface area contributed by atoms with Gasteiger partial charge < -0.3 is 4.74 Å². The predicted octanol–water partition coefficient (Wildman–Crippen LogP) is 0.753. The first-order chi connectivity index (χ1) is 4.86. The lowest BCUT2D eigenvalue weighted by Crippen LogP contribution is -2.25. The van der Waals surface area contributed by atoms with E-state index in [1.807, 2.05) is 0 Å². The average Bonchev–Trinajstić information content (AvgIpc) is 2.61. The topological polar surface area (TPSA) is 29.6 Å². The minimum absolute atomic E-state index is 0.0475. The van der Waals surface area contributed by atoms with Gasteiger partial charge in [0, 0.05) is 5.92 Å². The van der Waals surface area contributed by atoms with Crippen LogP contribution in [-0.2, 0) is 9.53 Å². The predicted molar refractivity (Wildman–Crippen MR) is 34.5 cm³/mol. The van der Waals surface area contributed by atoms with Gasteiger partial charge in [-0.3, -0.25) is 4.79 Å². The van der Waals surface area contributed by atoms with Crippen LogP contribution >= 0.6 is 0 Å². The normalized spacial score (nSPS) is 56.6. The van der Waals surface area contributed by atoms with Crippen LogP contribution in [0.25, 0.3) is 0 Å². The molecule has 2 bridgehead atoms. The number of hydrogen-bond acceptors (Lipinski definition) is 2. The first-order valence-corrected chi connectivity index (χ1v) is 4.05. The molecule has 10 heavy (non-hydrogen) atoms. The van der Waals surface area contributed by atoms with Crippen LogP contribution in [0.1, 0.15) is 19.3 Å². The number of carbonyl (C=O) groups excluding carboxylic acids is 1. The van der Waals surface area contributed by atoms with Crippen molar-refractivity contribution in [1.82, 2.24) is 0 Å². The van der Waals surface area contributed by atoms with Crippen LogP contribution in [0, 0.1) is 11.8 Å². The Morgan fingerprint density at radius 3 is 3.20 bits per heavy atom. The monoisotopic (exact) mass is 138 g/mol. The quantitative estimate of drug-likeness (QED) is 0.462. The van der Waals surface area contributed by atoms with Gasteiger partial charge in [-0.25, -0.2) is 0 Å². The molecule has 0 spiro atoms. The number of epoxide rings is 1. The highest BCUT2D eigenvalue weighted by molar-refractivity contribution is 5.89. The Labute approximate surface area is 59.6 Å². The maximum atomic E-state index is 11.3. The van der Waals surface area contributed by atoms with Crippen molar-refractivity contribution in [3.05, 3.63) is 0 Å². The summed E-state index contributed by atoms with van der Waals surface area (Å²) in [7, 11) is 0. The molecule has 4 atom stereocenters. The highest BCUT2D eigenvalue weighted by Crippen LogP contribution is 2.49. The third kappa shape index (κ3) is 0.473. The molecular weight excluding hydrogens is 128 g/mol. The second-order valence-corrected chi connectivity index (χ2v) is 3.69. The molecule has 0 unspecified atom stereocenters. The van der Waals surface area contributed by atoms with Crippen molar-refractivity contribution < 1.29 is 9.53 Å². The maximum absolute atomic E-state index is 11.3. The Hall–Kier alpha value is -0.370. The summed E-state index contributed by atoms with van der Waals surface area (Å²) in [6.07, 6.45) is 3.90. The molecule has 2 aliphatic carbocycles. The summed E-state index contributed by atoms with van der Waals surface area (Å²) >= 11 is 0. The van der Waals surface area contributed by atoms with E-state index in [1.165, 1.54) is 6.42 Å². The number of rotatable bonds is 0. The van der Waals surface area contributed by atoms with Gasteiger partial charge in [0.05, 0.1) is 6.10 Å². The van der Waals surface area contributed by atoms with Crippen molar-refractivity contribution in [3.8, 4) is 0 Å². The van der Waals surface area contributed by atoms with E-state index in [4.69, 9.17) is 4.74 Å². The molecule has 2 nitrogen and oxygen atoms in total. The summed E-state index contributed by atoms with van der Waals surface area (Å²) in [5.41, 5.74) is 0. The molecule has 0 amide bonds. The molecule has 1 aliphatic heterocycles. The largest absolute Gasteiger partial charge is 0.361 e. The lowest BCUT2D eigenvalue weighted by atomic mass is 9.88. The lowest BCUT2D eigenvalue weighted by Gasteiger charge is -2.11. The summed E-state index contributed by atoms with van der Waals surface area (Å²) in [4.78, 5) is 11.3. The molecular formula is C8H10O2. The van der Waals surface area contributed by atoms with E-state index < -0.39 is 0 Å². The fourth-order valence-corrected chi connectivity index (χ4v) is 2.52. The Bertz CT molecular complexity index is 199. The van der Waals surface area contributed by atoms with Crippen LogP contribution in [0.5, 0.6) is 0 Å². The fourth-order valence-electron chi connectivity index (χ4n) is 2.52. The molecule has 3 aliphatic rings. The molecule has 1 saturated heterocycles. The van der Waals surface area contributed by atoms with Crippen molar-refractivity contribution in [2.75, 3.05) is 0 Å². The fraction of sp³-hybridized carbons (Fsp3) is 0.875. The second-order valence-electron chi connectivity index (χ2n) is 3.69. The number of Topliss-reactive ketones (excluding diaryl/α,β-unsaturated/α-hetero) is 1. The average molecular weight is 138 g/mol. The van der Waals surface area contributed by atoms with Gasteiger partial charge in [0.1, 0.15) is 6.10 Å². The van der Waals surface area contributed by atoms with Crippen LogP contribution in [-0.4, -0.2) is 18.0 Å². The van der Waals surface area contributed by atoms with Crippen molar-refractivity contribution in [2.45, 2.75) is 31.5 Å². The second kappa shape index (κ2) is 1.45. The summed E-state index contributed by atoms with van der Waals surface area (Å²) < 4.78 is 5.27. The Kier molecular flexibility index (Phi) is 0.768. The van der Waals surface area contributed by atoms with Gasteiger partial charge in [-0.2, -0.15) is 0 Å². The smallest absolute Gasteiger partial charge is 0.167 e. The van der Waals surface area contributed by atoms with Crippen LogP contribution in [0.3, 0.4) is 0 Å². The van der Waals surface area contributed by atoms with Gasteiger partial charge in [-0.1, -0.05) is 0 Å². The number of fused-ring (bicyclic) bond motifs is 4. The highest BCUT2D eigenvalue weighted by atomic mass is 16.6. The Morgan fingerprint density at radius 1 is 1.40 bits per heavy atom.